The Bertz CT molecular complexity index is 373. The second-order valence-corrected chi connectivity index (χ2v) is 7.02. The quantitative estimate of drug-likeness (QED) is 0.329. The highest BCUT2D eigenvalue weighted by atomic mass is 16.1. The molecule has 0 bridgehead atoms. The van der Waals surface area contributed by atoms with Crippen LogP contribution in [0.2, 0.25) is 0 Å². The minimum absolute atomic E-state index is 0.184. The van der Waals surface area contributed by atoms with Gasteiger partial charge in [-0.3, -0.25) is 9.79 Å². The van der Waals surface area contributed by atoms with Gasteiger partial charge in [0.2, 0.25) is 5.91 Å². The Balaban J connectivity index is 1.42. The summed E-state index contributed by atoms with van der Waals surface area (Å²) < 4.78 is 0. The van der Waals surface area contributed by atoms with Crippen LogP contribution in [0.3, 0.4) is 0 Å². The van der Waals surface area contributed by atoms with E-state index in [1.54, 1.807) is 7.05 Å². The maximum atomic E-state index is 11.6. The van der Waals surface area contributed by atoms with Crippen LogP contribution in [0.25, 0.3) is 0 Å². The Morgan fingerprint density at radius 1 is 1.00 bits per heavy atom. The Morgan fingerprint density at radius 2 is 1.70 bits per heavy atom. The molecule has 2 fully saturated rings. The molecule has 0 aromatic rings. The van der Waals surface area contributed by atoms with Gasteiger partial charge in [-0.05, 0) is 31.6 Å². The van der Waals surface area contributed by atoms with Crippen LogP contribution in [-0.4, -0.2) is 38.0 Å². The van der Waals surface area contributed by atoms with Crippen molar-refractivity contribution in [3.05, 3.63) is 0 Å². The molecule has 0 aromatic carbocycles. The standard InChI is InChI=1S/C18H34N4O/c1-19-18(20-13-5-4-9-15-7-2-3-8-15)21-14-6-10-17(23)22-16-11-12-16/h15-16H,2-14H2,1H3,(H,22,23)(H2,19,20,21). The fraction of sp³-hybridized carbons (Fsp3) is 0.889. The van der Waals surface area contributed by atoms with Crippen molar-refractivity contribution in [3.8, 4) is 0 Å². The second kappa shape index (κ2) is 10.5. The van der Waals surface area contributed by atoms with E-state index in [0.717, 1.165) is 44.2 Å². The summed E-state index contributed by atoms with van der Waals surface area (Å²) in [6, 6.07) is 0.467. The lowest BCUT2D eigenvalue weighted by Crippen LogP contribution is -2.38. The van der Waals surface area contributed by atoms with Gasteiger partial charge in [0.15, 0.2) is 5.96 Å². The van der Waals surface area contributed by atoms with Gasteiger partial charge in [-0.2, -0.15) is 0 Å². The zero-order valence-corrected chi connectivity index (χ0v) is 14.7. The number of nitrogens with one attached hydrogen (secondary N) is 3. The van der Waals surface area contributed by atoms with Crippen molar-refractivity contribution in [3.63, 3.8) is 0 Å². The van der Waals surface area contributed by atoms with Crippen LogP contribution < -0.4 is 16.0 Å². The van der Waals surface area contributed by atoms with Gasteiger partial charge >= 0.3 is 0 Å². The van der Waals surface area contributed by atoms with Crippen molar-refractivity contribution in [2.24, 2.45) is 10.9 Å². The van der Waals surface area contributed by atoms with E-state index in [0.29, 0.717) is 12.5 Å². The summed E-state index contributed by atoms with van der Waals surface area (Å²) >= 11 is 0. The maximum Gasteiger partial charge on any atom is 0.220 e. The molecule has 0 atom stereocenters. The van der Waals surface area contributed by atoms with Gasteiger partial charge in [0.05, 0.1) is 0 Å². The van der Waals surface area contributed by atoms with Gasteiger partial charge in [0.25, 0.3) is 0 Å². The third-order valence-electron chi connectivity index (χ3n) is 4.85. The van der Waals surface area contributed by atoms with Crippen molar-refractivity contribution >= 4 is 11.9 Å². The van der Waals surface area contributed by atoms with E-state index in [9.17, 15) is 4.79 Å². The van der Waals surface area contributed by atoms with Crippen molar-refractivity contribution < 1.29 is 4.79 Å². The Hall–Kier alpha value is -1.26. The molecule has 0 unspecified atom stereocenters. The zero-order valence-electron chi connectivity index (χ0n) is 14.7. The van der Waals surface area contributed by atoms with Gasteiger partial charge < -0.3 is 16.0 Å². The molecule has 0 radical (unpaired) electrons. The molecule has 1 amide bonds. The number of carbonyl (C=O) groups excluding carboxylic acids is 1. The highest BCUT2D eigenvalue weighted by molar-refractivity contribution is 5.79. The van der Waals surface area contributed by atoms with Crippen LogP contribution in [0.1, 0.15) is 70.6 Å². The summed E-state index contributed by atoms with van der Waals surface area (Å²) in [5.41, 5.74) is 0. The van der Waals surface area contributed by atoms with Gasteiger partial charge in [-0.1, -0.05) is 38.5 Å². The first-order valence-electron chi connectivity index (χ1n) is 9.52. The van der Waals surface area contributed by atoms with Crippen molar-refractivity contribution in [1.82, 2.24) is 16.0 Å². The first kappa shape index (κ1) is 18.1. The predicted molar refractivity (Wildman–Crippen MR) is 95.6 cm³/mol. The molecule has 2 saturated carbocycles. The lowest BCUT2D eigenvalue weighted by Gasteiger charge is -2.12. The SMILES string of the molecule is CN=C(NCCCCC1CCCC1)NCCCC(=O)NC1CC1. The van der Waals surface area contributed by atoms with E-state index in [2.05, 4.69) is 20.9 Å². The summed E-state index contributed by atoms with van der Waals surface area (Å²) in [6.07, 6.45) is 13.5. The average Bonchev–Trinajstić information content (AvgIpc) is 3.20. The number of rotatable bonds is 10. The highest BCUT2D eigenvalue weighted by Crippen LogP contribution is 2.28. The second-order valence-electron chi connectivity index (χ2n) is 7.02. The van der Waals surface area contributed by atoms with Crippen LogP contribution in [0.4, 0.5) is 0 Å². The average molecular weight is 322 g/mol. The number of hydrogen-bond acceptors (Lipinski definition) is 2. The number of carbonyl (C=O) groups is 1. The zero-order chi connectivity index (χ0) is 16.3. The highest BCUT2D eigenvalue weighted by Gasteiger charge is 2.22. The Kier molecular flexibility index (Phi) is 8.26. The van der Waals surface area contributed by atoms with Crippen molar-refractivity contribution in [2.75, 3.05) is 20.1 Å². The van der Waals surface area contributed by atoms with Crippen molar-refractivity contribution in [2.45, 2.75) is 76.7 Å². The molecule has 5 nitrogen and oxygen atoms in total. The predicted octanol–water partition coefficient (Wildman–Crippen LogP) is 2.57. The summed E-state index contributed by atoms with van der Waals surface area (Å²) in [5.74, 6) is 2.03. The van der Waals surface area contributed by atoms with Gasteiger partial charge in [-0.25, -0.2) is 0 Å². The third kappa shape index (κ3) is 8.24. The molecule has 2 rings (SSSR count). The van der Waals surface area contributed by atoms with E-state index in [-0.39, 0.29) is 5.91 Å². The van der Waals surface area contributed by atoms with E-state index in [1.165, 1.54) is 44.9 Å². The van der Waals surface area contributed by atoms with Crippen LogP contribution in [0.15, 0.2) is 4.99 Å². The molecule has 5 heteroatoms. The first-order chi connectivity index (χ1) is 11.3. The van der Waals surface area contributed by atoms with Gasteiger partial charge in [0.1, 0.15) is 0 Å². The molecular formula is C18H34N4O. The molecule has 0 saturated heterocycles. The number of aliphatic imine (C=N–C) groups is 1. The van der Waals surface area contributed by atoms with E-state index in [4.69, 9.17) is 0 Å². The minimum atomic E-state index is 0.184. The molecule has 132 valence electrons. The van der Waals surface area contributed by atoms with E-state index < -0.39 is 0 Å². The maximum absolute atomic E-state index is 11.6. The molecular weight excluding hydrogens is 288 g/mol. The Morgan fingerprint density at radius 3 is 2.35 bits per heavy atom. The molecule has 2 aliphatic rings. The summed E-state index contributed by atoms with van der Waals surface area (Å²) in [7, 11) is 1.80. The lowest BCUT2D eigenvalue weighted by atomic mass is 10.0. The summed E-state index contributed by atoms with van der Waals surface area (Å²) in [4.78, 5) is 15.8. The number of unbranched alkanes of at least 4 members (excludes halogenated alkanes) is 1. The smallest absolute Gasteiger partial charge is 0.220 e. The molecule has 0 aromatic heterocycles. The van der Waals surface area contributed by atoms with Crippen molar-refractivity contribution in [1.29, 1.82) is 0 Å². The molecule has 0 heterocycles. The monoisotopic (exact) mass is 322 g/mol. The summed E-state index contributed by atoms with van der Waals surface area (Å²) in [6.45, 7) is 1.77. The topological polar surface area (TPSA) is 65.5 Å². The molecule has 2 aliphatic carbocycles. The summed E-state index contributed by atoms with van der Waals surface area (Å²) in [5, 5.41) is 9.66. The fourth-order valence-corrected chi connectivity index (χ4v) is 3.27. The van der Waals surface area contributed by atoms with Crippen LogP contribution in [-0.2, 0) is 4.79 Å². The largest absolute Gasteiger partial charge is 0.356 e. The number of amides is 1. The first-order valence-corrected chi connectivity index (χ1v) is 9.52. The molecule has 3 N–H and O–H groups in total. The minimum Gasteiger partial charge on any atom is -0.356 e. The molecule has 0 spiro atoms. The Labute approximate surface area is 141 Å². The van der Waals surface area contributed by atoms with E-state index in [1.807, 2.05) is 0 Å². The lowest BCUT2D eigenvalue weighted by molar-refractivity contribution is -0.121. The van der Waals surface area contributed by atoms with E-state index >= 15 is 0 Å². The van der Waals surface area contributed by atoms with Gasteiger partial charge in [0, 0.05) is 32.6 Å². The normalized spacial score (nSPS) is 18.9. The van der Waals surface area contributed by atoms with Crippen LogP contribution in [0, 0.1) is 5.92 Å². The van der Waals surface area contributed by atoms with Gasteiger partial charge in [-0.15, -0.1) is 0 Å². The number of guanidine groups is 1. The number of nitrogens with zero attached hydrogens (tertiary/aromatic N) is 1. The third-order valence-corrected chi connectivity index (χ3v) is 4.85. The molecule has 0 aliphatic heterocycles. The number of hydrogen-bond donors (Lipinski definition) is 3. The fourth-order valence-electron chi connectivity index (χ4n) is 3.27. The van der Waals surface area contributed by atoms with Crippen LogP contribution in [0.5, 0.6) is 0 Å². The molecule has 23 heavy (non-hydrogen) atoms. The van der Waals surface area contributed by atoms with Crippen LogP contribution >= 0.6 is 0 Å².